The minimum absolute atomic E-state index is 0.0550. The molecule has 1 aliphatic rings. The number of anilines is 1. The van der Waals surface area contributed by atoms with Crippen LogP contribution in [0.25, 0.3) is 0 Å². The fourth-order valence-corrected chi connectivity index (χ4v) is 2.88. The average Bonchev–Trinajstić information content (AvgIpc) is 2.41. The van der Waals surface area contributed by atoms with Gasteiger partial charge in [-0.2, -0.15) is 0 Å². The molecule has 0 saturated heterocycles. The highest BCUT2D eigenvalue weighted by molar-refractivity contribution is 5.93. The van der Waals surface area contributed by atoms with Crippen molar-refractivity contribution in [2.24, 2.45) is 17.6 Å². The predicted octanol–water partition coefficient (Wildman–Crippen LogP) is 2.40. The number of nitrogens with one attached hydrogen (secondary N) is 1. The van der Waals surface area contributed by atoms with E-state index < -0.39 is 0 Å². The maximum atomic E-state index is 12.4. The Morgan fingerprint density at radius 2 is 2.11 bits per heavy atom. The van der Waals surface area contributed by atoms with Gasteiger partial charge < -0.3 is 11.1 Å². The first-order chi connectivity index (χ1) is 9.11. The van der Waals surface area contributed by atoms with Gasteiger partial charge in [0.15, 0.2) is 0 Å². The van der Waals surface area contributed by atoms with Crippen LogP contribution in [0, 0.1) is 25.7 Å². The second-order valence-corrected chi connectivity index (χ2v) is 5.46. The predicted molar refractivity (Wildman–Crippen MR) is 76.8 cm³/mol. The zero-order valence-electron chi connectivity index (χ0n) is 11.8. The van der Waals surface area contributed by atoms with E-state index in [2.05, 4.69) is 10.3 Å². The fraction of sp³-hybridized carbons (Fsp3) is 0.600. The van der Waals surface area contributed by atoms with Crippen LogP contribution in [0.4, 0.5) is 5.69 Å². The summed E-state index contributed by atoms with van der Waals surface area (Å²) in [6.45, 7) is 4.47. The SMILES string of the molecule is Cc1ccc(NC(=O)C2CCCCC2CN)c(C)n1. The number of aromatic nitrogens is 1. The molecule has 1 aromatic rings. The van der Waals surface area contributed by atoms with Crippen molar-refractivity contribution < 1.29 is 4.79 Å². The Labute approximate surface area is 114 Å². The van der Waals surface area contributed by atoms with E-state index in [1.54, 1.807) is 0 Å². The van der Waals surface area contributed by atoms with Crippen LogP contribution in [0.5, 0.6) is 0 Å². The van der Waals surface area contributed by atoms with Crippen LogP contribution in [0.2, 0.25) is 0 Å². The Kier molecular flexibility index (Phi) is 4.53. The summed E-state index contributed by atoms with van der Waals surface area (Å²) < 4.78 is 0. The number of carbonyl (C=O) groups excluding carboxylic acids is 1. The number of hydrogen-bond donors (Lipinski definition) is 2. The number of nitrogens with two attached hydrogens (primary N) is 1. The minimum Gasteiger partial charge on any atom is -0.330 e. The van der Waals surface area contributed by atoms with E-state index in [0.29, 0.717) is 12.5 Å². The van der Waals surface area contributed by atoms with Crippen molar-refractivity contribution in [3.8, 4) is 0 Å². The van der Waals surface area contributed by atoms with Crippen LogP contribution in [-0.4, -0.2) is 17.4 Å². The highest BCUT2D eigenvalue weighted by Crippen LogP contribution is 2.30. The lowest BCUT2D eigenvalue weighted by Crippen LogP contribution is -2.35. The Morgan fingerprint density at radius 3 is 2.79 bits per heavy atom. The lowest BCUT2D eigenvalue weighted by molar-refractivity contribution is -0.122. The summed E-state index contributed by atoms with van der Waals surface area (Å²) in [5.74, 6) is 0.482. The number of nitrogens with zero attached hydrogens (tertiary/aromatic N) is 1. The van der Waals surface area contributed by atoms with Gasteiger partial charge in [-0.05, 0) is 51.3 Å². The van der Waals surface area contributed by atoms with Gasteiger partial charge in [0.1, 0.15) is 0 Å². The van der Waals surface area contributed by atoms with Crippen LogP contribution in [0.3, 0.4) is 0 Å². The first-order valence-corrected chi connectivity index (χ1v) is 7.07. The number of carbonyl (C=O) groups is 1. The quantitative estimate of drug-likeness (QED) is 0.878. The monoisotopic (exact) mass is 261 g/mol. The van der Waals surface area contributed by atoms with E-state index in [1.165, 1.54) is 6.42 Å². The van der Waals surface area contributed by atoms with E-state index in [9.17, 15) is 4.79 Å². The summed E-state index contributed by atoms with van der Waals surface area (Å²) in [7, 11) is 0. The van der Waals surface area contributed by atoms with Gasteiger partial charge in [-0.15, -0.1) is 0 Å². The smallest absolute Gasteiger partial charge is 0.227 e. The summed E-state index contributed by atoms with van der Waals surface area (Å²) in [5.41, 5.74) is 8.43. The van der Waals surface area contributed by atoms with Crippen molar-refractivity contribution >= 4 is 11.6 Å². The van der Waals surface area contributed by atoms with Gasteiger partial charge in [-0.1, -0.05) is 12.8 Å². The van der Waals surface area contributed by atoms with Crippen LogP contribution in [-0.2, 0) is 4.79 Å². The van der Waals surface area contributed by atoms with Crippen molar-refractivity contribution in [3.63, 3.8) is 0 Å². The van der Waals surface area contributed by atoms with Crippen molar-refractivity contribution in [2.45, 2.75) is 39.5 Å². The molecule has 2 atom stereocenters. The summed E-state index contributed by atoms with van der Waals surface area (Å²) >= 11 is 0. The number of rotatable bonds is 3. The third kappa shape index (κ3) is 3.32. The minimum atomic E-state index is 0.0550. The number of hydrogen-bond acceptors (Lipinski definition) is 3. The molecule has 1 fully saturated rings. The maximum absolute atomic E-state index is 12.4. The highest BCUT2D eigenvalue weighted by atomic mass is 16.1. The topological polar surface area (TPSA) is 68.0 Å². The van der Waals surface area contributed by atoms with E-state index in [1.807, 2.05) is 26.0 Å². The van der Waals surface area contributed by atoms with Gasteiger partial charge in [0.05, 0.1) is 11.4 Å². The summed E-state index contributed by atoms with van der Waals surface area (Å²) in [6.07, 6.45) is 4.34. The molecular weight excluding hydrogens is 238 g/mol. The molecule has 0 aliphatic heterocycles. The second-order valence-electron chi connectivity index (χ2n) is 5.46. The van der Waals surface area contributed by atoms with Gasteiger partial charge >= 0.3 is 0 Å². The fourth-order valence-electron chi connectivity index (χ4n) is 2.88. The van der Waals surface area contributed by atoms with Crippen molar-refractivity contribution in [3.05, 3.63) is 23.5 Å². The number of pyridine rings is 1. The van der Waals surface area contributed by atoms with E-state index in [4.69, 9.17) is 5.73 Å². The average molecular weight is 261 g/mol. The zero-order valence-corrected chi connectivity index (χ0v) is 11.8. The lowest BCUT2D eigenvalue weighted by atomic mass is 9.78. The molecule has 0 spiro atoms. The van der Waals surface area contributed by atoms with Gasteiger partial charge in [0, 0.05) is 11.6 Å². The van der Waals surface area contributed by atoms with Gasteiger partial charge in [0.25, 0.3) is 0 Å². The maximum Gasteiger partial charge on any atom is 0.227 e. The highest BCUT2D eigenvalue weighted by Gasteiger charge is 2.30. The van der Waals surface area contributed by atoms with Crippen molar-refractivity contribution in [1.82, 2.24) is 4.98 Å². The molecule has 4 nitrogen and oxygen atoms in total. The molecule has 0 bridgehead atoms. The molecule has 19 heavy (non-hydrogen) atoms. The molecule has 1 aromatic heterocycles. The van der Waals surface area contributed by atoms with Crippen LogP contribution >= 0.6 is 0 Å². The Bertz CT molecular complexity index is 459. The van der Waals surface area contributed by atoms with Gasteiger partial charge in [-0.25, -0.2) is 0 Å². The molecule has 1 saturated carbocycles. The number of amides is 1. The molecule has 0 radical (unpaired) electrons. The molecule has 2 unspecified atom stereocenters. The van der Waals surface area contributed by atoms with Gasteiger partial charge in [0.2, 0.25) is 5.91 Å². The van der Waals surface area contributed by atoms with Crippen LogP contribution in [0.15, 0.2) is 12.1 Å². The second kappa shape index (κ2) is 6.15. The normalized spacial score (nSPS) is 23.1. The Balaban J connectivity index is 2.07. The molecule has 104 valence electrons. The van der Waals surface area contributed by atoms with Crippen LogP contribution < -0.4 is 11.1 Å². The summed E-state index contributed by atoms with van der Waals surface area (Å²) in [4.78, 5) is 16.8. The molecule has 3 N–H and O–H groups in total. The zero-order chi connectivity index (χ0) is 13.8. The standard InChI is InChI=1S/C15H23N3O/c1-10-7-8-14(11(2)17-10)18-15(19)13-6-4-3-5-12(13)9-16/h7-8,12-13H,3-6,9,16H2,1-2H3,(H,18,19). The van der Waals surface area contributed by atoms with Crippen molar-refractivity contribution in [2.75, 3.05) is 11.9 Å². The molecule has 0 aromatic carbocycles. The van der Waals surface area contributed by atoms with E-state index in [0.717, 1.165) is 36.3 Å². The van der Waals surface area contributed by atoms with Crippen LogP contribution in [0.1, 0.15) is 37.1 Å². The van der Waals surface area contributed by atoms with E-state index in [-0.39, 0.29) is 11.8 Å². The van der Waals surface area contributed by atoms with Gasteiger partial charge in [-0.3, -0.25) is 9.78 Å². The summed E-state index contributed by atoms with van der Waals surface area (Å²) in [5, 5.41) is 3.01. The first kappa shape index (κ1) is 14.0. The lowest BCUT2D eigenvalue weighted by Gasteiger charge is -2.29. The largest absolute Gasteiger partial charge is 0.330 e. The number of aryl methyl sites for hydroxylation is 2. The molecule has 4 heteroatoms. The Hall–Kier alpha value is -1.42. The molecule has 1 aliphatic carbocycles. The molecule has 1 amide bonds. The third-order valence-electron chi connectivity index (χ3n) is 4.03. The molecule has 2 rings (SSSR count). The van der Waals surface area contributed by atoms with E-state index >= 15 is 0 Å². The summed E-state index contributed by atoms with van der Waals surface area (Å²) in [6, 6.07) is 3.85. The van der Waals surface area contributed by atoms with Crippen molar-refractivity contribution in [1.29, 1.82) is 0 Å². The molecular formula is C15H23N3O. The Morgan fingerprint density at radius 1 is 1.37 bits per heavy atom. The molecule has 1 heterocycles. The third-order valence-corrected chi connectivity index (χ3v) is 4.03. The first-order valence-electron chi connectivity index (χ1n) is 7.07.